The second kappa shape index (κ2) is 3.59. The lowest BCUT2D eigenvalue weighted by molar-refractivity contribution is -0.136. The Hall–Kier alpha value is -1.06. The Kier molecular flexibility index (Phi) is 2.44. The van der Waals surface area contributed by atoms with E-state index in [1.165, 1.54) is 19.3 Å². The third kappa shape index (κ3) is 1.74. The van der Waals surface area contributed by atoms with E-state index in [0.717, 1.165) is 0 Å². The van der Waals surface area contributed by atoms with Crippen LogP contribution in [0.1, 0.15) is 25.7 Å². The molecule has 0 aromatic rings. The Morgan fingerprint density at radius 2 is 1.93 bits per heavy atom. The van der Waals surface area contributed by atoms with E-state index in [1.807, 2.05) is 0 Å². The molecule has 2 aliphatic carbocycles. The van der Waals surface area contributed by atoms with Crippen molar-refractivity contribution in [1.29, 1.82) is 0 Å². The van der Waals surface area contributed by atoms with Crippen LogP contribution in [0.25, 0.3) is 0 Å². The Labute approximate surface area is 82.7 Å². The zero-order valence-electron chi connectivity index (χ0n) is 8.03. The number of rotatable bonds is 4. The fraction of sp³-hybridized carbons (Fsp3) is 0.800. The quantitative estimate of drug-likeness (QED) is 0.694. The molecule has 0 aromatic heterocycles. The van der Waals surface area contributed by atoms with E-state index in [4.69, 9.17) is 5.11 Å². The normalized spacial score (nSPS) is 33.6. The summed E-state index contributed by atoms with van der Waals surface area (Å²) in [6.45, 7) is 0.268. The van der Waals surface area contributed by atoms with Crippen molar-refractivity contribution in [3.05, 3.63) is 0 Å². The topological polar surface area (TPSA) is 66.4 Å². The van der Waals surface area contributed by atoms with Crippen LogP contribution in [0.5, 0.6) is 0 Å². The summed E-state index contributed by atoms with van der Waals surface area (Å²) in [5.41, 5.74) is 0. The first kappa shape index (κ1) is 9.49. The van der Waals surface area contributed by atoms with Gasteiger partial charge in [0.25, 0.3) is 0 Å². The van der Waals surface area contributed by atoms with Crippen molar-refractivity contribution in [2.75, 3.05) is 6.54 Å². The monoisotopic (exact) mass is 197 g/mol. The first-order valence-electron chi connectivity index (χ1n) is 5.19. The summed E-state index contributed by atoms with van der Waals surface area (Å²) in [7, 11) is 0. The number of carboxylic acid groups (broad SMARTS) is 1. The van der Waals surface area contributed by atoms with Gasteiger partial charge in [0, 0.05) is 12.5 Å². The molecular weight excluding hydrogens is 182 g/mol. The molecule has 78 valence electrons. The molecule has 2 saturated carbocycles. The van der Waals surface area contributed by atoms with Gasteiger partial charge in [-0.25, -0.2) is 0 Å². The van der Waals surface area contributed by atoms with Crippen molar-refractivity contribution in [2.45, 2.75) is 25.7 Å². The fourth-order valence-electron chi connectivity index (χ4n) is 2.62. The van der Waals surface area contributed by atoms with E-state index in [2.05, 4.69) is 5.32 Å². The summed E-state index contributed by atoms with van der Waals surface area (Å²) in [5.74, 6) is 0.638. The van der Waals surface area contributed by atoms with Crippen LogP contribution in [-0.4, -0.2) is 23.5 Å². The van der Waals surface area contributed by atoms with E-state index >= 15 is 0 Å². The average Bonchev–Trinajstić information content (AvgIpc) is 2.60. The first-order chi connectivity index (χ1) is 6.70. The standard InChI is InChI=1S/C10H15NO3/c12-8(13)4-5-11-10(14)9-6-2-1-3-7(6)9/h6-7,9H,1-5H2,(H,11,14)(H,12,13). The summed E-state index contributed by atoms with van der Waals surface area (Å²) in [5, 5.41) is 11.1. The predicted octanol–water partition coefficient (Wildman–Crippen LogP) is 0.623. The van der Waals surface area contributed by atoms with Crippen molar-refractivity contribution in [1.82, 2.24) is 5.32 Å². The molecular formula is C10H15NO3. The number of aliphatic carboxylic acids is 1. The van der Waals surface area contributed by atoms with Crippen LogP contribution in [0.15, 0.2) is 0 Å². The van der Waals surface area contributed by atoms with Gasteiger partial charge in [-0.05, 0) is 24.7 Å². The van der Waals surface area contributed by atoms with Crippen molar-refractivity contribution in [3.63, 3.8) is 0 Å². The molecule has 1 amide bonds. The maximum absolute atomic E-state index is 11.5. The molecule has 2 N–H and O–H groups in total. The summed E-state index contributed by atoms with van der Waals surface area (Å²) in [4.78, 5) is 21.7. The largest absolute Gasteiger partial charge is 0.481 e. The number of hydrogen-bond acceptors (Lipinski definition) is 2. The van der Waals surface area contributed by atoms with Gasteiger partial charge in [0.15, 0.2) is 0 Å². The Morgan fingerprint density at radius 1 is 1.29 bits per heavy atom. The molecule has 0 aromatic carbocycles. The number of nitrogens with one attached hydrogen (secondary N) is 1. The highest BCUT2D eigenvalue weighted by atomic mass is 16.4. The van der Waals surface area contributed by atoms with Crippen molar-refractivity contribution < 1.29 is 14.7 Å². The van der Waals surface area contributed by atoms with Crippen LogP contribution >= 0.6 is 0 Å². The van der Waals surface area contributed by atoms with Gasteiger partial charge in [-0.1, -0.05) is 6.42 Å². The highest BCUT2D eigenvalue weighted by molar-refractivity contribution is 5.82. The zero-order valence-corrected chi connectivity index (χ0v) is 8.03. The number of carbonyl (C=O) groups excluding carboxylic acids is 1. The molecule has 2 rings (SSSR count). The first-order valence-corrected chi connectivity index (χ1v) is 5.19. The summed E-state index contributed by atoms with van der Waals surface area (Å²) < 4.78 is 0. The molecule has 0 saturated heterocycles. The lowest BCUT2D eigenvalue weighted by atomic mass is 10.1. The molecule has 2 aliphatic rings. The van der Waals surface area contributed by atoms with Crippen LogP contribution < -0.4 is 5.32 Å². The molecule has 0 aliphatic heterocycles. The summed E-state index contributed by atoms with van der Waals surface area (Å²) in [6.07, 6.45) is 3.64. The van der Waals surface area contributed by atoms with Crippen LogP contribution in [-0.2, 0) is 9.59 Å². The maximum atomic E-state index is 11.5. The van der Waals surface area contributed by atoms with Gasteiger partial charge in [0.1, 0.15) is 0 Å². The van der Waals surface area contributed by atoms with Gasteiger partial charge in [-0.2, -0.15) is 0 Å². The van der Waals surface area contributed by atoms with Gasteiger partial charge in [0.05, 0.1) is 6.42 Å². The Balaban J connectivity index is 1.68. The maximum Gasteiger partial charge on any atom is 0.305 e. The summed E-state index contributed by atoms with van der Waals surface area (Å²) >= 11 is 0. The van der Waals surface area contributed by atoms with Crippen molar-refractivity contribution >= 4 is 11.9 Å². The van der Waals surface area contributed by atoms with Gasteiger partial charge in [-0.15, -0.1) is 0 Å². The van der Waals surface area contributed by atoms with Crippen molar-refractivity contribution in [2.24, 2.45) is 17.8 Å². The molecule has 2 fully saturated rings. The molecule has 2 unspecified atom stereocenters. The zero-order chi connectivity index (χ0) is 10.1. The number of amides is 1. The van der Waals surface area contributed by atoms with Gasteiger partial charge in [0.2, 0.25) is 5.91 Å². The smallest absolute Gasteiger partial charge is 0.305 e. The number of carbonyl (C=O) groups is 2. The molecule has 4 nitrogen and oxygen atoms in total. The minimum absolute atomic E-state index is 0.0216. The van der Waals surface area contributed by atoms with Gasteiger partial charge in [-0.3, -0.25) is 9.59 Å². The molecule has 0 spiro atoms. The van der Waals surface area contributed by atoms with E-state index in [0.29, 0.717) is 11.8 Å². The Bertz CT molecular complexity index is 254. The molecule has 14 heavy (non-hydrogen) atoms. The average molecular weight is 197 g/mol. The highest BCUT2D eigenvalue weighted by Gasteiger charge is 2.56. The molecule has 2 atom stereocenters. The third-order valence-electron chi connectivity index (χ3n) is 3.35. The molecule has 0 bridgehead atoms. The fourth-order valence-corrected chi connectivity index (χ4v) is 2.62. The van der Waals surface area contributed by atoms with E-state index < -0.39 is 5.97 Å². The summed E-state index contributed by atoms with van der Waals surface area (Å²) in [6, 6.07) is 0. The molecule has 0 radical (unpaired) electrons. The van der Waals surface area contributed by atoms with Gasteiger partial charge >= 0.3 is 5.97 Å². The van der Waals surface area contributed by atoms with Crippen molar-refractivity contribution in [3.8, 4) is 0 Å². The number of carboxylic acids is 1. The van der Waals surface area contributed by atoms with E-state index in [1.54, 1.807) is 0 Å². The van der Waals surface area contributed by atoms with Crippen LogP contribution in [0.4, 0.5) is 0 Å². The Morgan fingerprint density at radius 3 is 2.50 bits per heavy atom. The predicted molar refractivity (Wildman–Crippen MR) is 49.6 cm³/mol. The highest BCUT2D eigenvalue weighted by Crippen LogP contribution is 2.57. The van der Waals surface area contributed by atoms with Crippen LogP contribution in [0.3, 0.4) is 0 Å². The number of hydrogen-bond donors (Lipinski definition) is 2. The second-order valence-electron chi connectivity index (χ2n) is 4.22. The minimum atomic E-state index is -0.860. The minimum Gasteiger partial charge on any atom is -0.481 e. The second-order valence-corrected chi connectivity index (χ2v) is 4.22. The van der Waals surface area contributed by atoms with Crippen LogP contribution in [0, 0.1) is 17.8 Å². The lowest BCUT2D eigenvalue weighted by Crippen LogP contribution is -2.28. The molecule has 0 heterocycles. The van der Waals surface area contributed by atoms with E-state index in [-0.39, 0.29) is 24.8 Å². The van der Waals surface area contributed by atoms with E-state index in [9.17, 15) is 9.59 Å². The van der Waals surface area contributed by atoms with Gasteiger partial charge < -0.3 is 10.4 Å². The third-order valence-corrected chi connectivity index (χ3v) is 3.35. The SMILES string of the molecule is O=C(O)CCNC(=O)C1C2CCCC21. The van der Waals surface area contributed by atoms with Crippen LogP contribution in [0.2, 0.25) is 0 Å². The lowest BCUT2D eigenvalue weighted by Gasteiger charge is -2.04. The number of fused-ring (bicyclic) bond motifs is 1. The molecule has 4 heteroatoms.